The van der Waals surface area contributed by atoms with Crippen LogP contribution in [-0.4, -0.2) is 49.9 Å². The molecule has 0 radical (unpaired) electrons. The van der Waals surface area contributed by atoms with Crippen LogP contribution in [0.15, 0.2) is 33.2 Å². The van der Waals surface area contributed by atoms with E-state index in [0.717, 1.165) is 42.7 Å². The predicted octanol–water partition coefficient (Wildman–Crippen LogP) is 9.96. The van der Waals surface area contributed by atoms with Gasteiger partial charge in [-0.15, -0.1) is 0 Å². The molecule has 0 atom stereocenters. The van der Waals surface area contributed by atoms with Crippen molar-refractivity contribution in [2.75, 3.05) is 32.4 Å². The van der Waals surface area contributed by atoms with Crippen LogP contribution in [0.4, 0.5) is 17.1 Å². The average molecular weight is 1330 g/mol. The van der Waals surface area contributed by atoms with Crippen LogP contribution in [-0.2, 0) is 34.1 Å². The summed E-state index contributed by atoms with van der Waals surface area (Å²) in [5.41, 5.74) is 3.83. The summed E-state index contributed by atoms with van der Waals surface area (Å²) in [4.78, 5) is 29.3. The van der Waals surface area contributed by atoms with Gasteiger partial charge in [-0.2, -0.15) is 6.92 Å². The van der Waals surface area contributed by atoms with E-state index in [2.05, 4.69) is 155 Å². The SMILES string of the molecule is CC1(C)Nc2ccc(Br)c(CO)c2CC1=O.CI.CI.CN1C(=O)C(C)(C)Nc2ccc(Br)c(CO)c21.[CH2-]C.[I][V]([I])[I]. The minimum absolute atomic E-state index is 0.0159. The Hall–Kier alpha value is 2.29. The zero-order chi connectivity index (χ0) is 34.3. The van der Waals surface area contributed by atoms with Crippen LogP contribution in [0.1, 0.15) is 51.3 Å². The summed E-state index contributed by atoms with van der Waals surface area (Å²) in [6.07, 6.45) is 0.380. The molecule has 0 saturated carbocycles. The summed E-state index contributed by atoms with van der Waals surface area (Å²) in [6.45, 7) is 12.3. The van der Waals surface area contributed by atoms with E-state index in [9.17, 15) is 19.8 Å². The number of benzene rings is 2. The van der Waals surface area contributed by atoms with Gasteiger partial charge in [0.05, 0.1) is 30.1 Å². The van der Waals surface area contributed by atoms with Gasteiger partial charge in [-0.3, -0.25) is 9.59 Å². The van der Waals surface area contributed by atoms with Crippen molar-refractivity contribution in [1.29, 1.82) is 0 Å². The number of ketones is 1. The summed E-state index contributed by atoms with van der Waals surface area (Å²) in [5.74, 6) is 0.130. The predicted molar refractivity (Wildman–Crippen MR) is 231 cm³/mol. The van der Waals surface area contributed by atoms with Crippen LogP contribution >= 0.6 is 137 Å². The molecule has 0 fully saturated rings. The molecule has 1 amide bonds. The number of likely N-dealkylation sites (N-methyl/N-ethyl adjacent to an activating group) is 1. The van der Waals surface area contributed by atoms with Gasteiger partial charge in [0.15, 0.2) is 5.78 Å². The van der Waals surface area contributed by atoms with Crippen LogP contribution in [0, 0.1) is 6.92 Å². The molecule has 2 aliphatic heterocycles. The Morgan fingerprint density at radius 1 is 0.837 bits per heavy atom. The third-order valence-electron chi connectivity index (χ3n) is 6.02. The van der Waals surface area contributed by atoms with Gasteiger partial charge >= 0.3 is 64.9 Å². The molecule has 246 valence electrons. The van der Waals surface area contributed by atoms with Gasteiger partial charge in [-0.05, 0) is 72.9 Å². The monoisotopic (exact) mass is 1330 g/mol. The maximum absolute atomic E-state index is 12.2. The van der Waals surface area contributed by atoms with Crippen molar-refractivity contribution in [3.8, 4) is 0 Å². The molecule has 0 spiro atoms. The fourth-order valence-corrected chi connectivity index (χ4v) is 5.04. The number of amides is 1. The summed E-state index contributed by atoms with van der Waals surface area (Å²) >= 11 is 18.5. The number of rotatable bonds is 2. The number of Topliss-reactive ketones (excluding diaryl/α,β-unsaturated/α-hetero) is 1. The second-order valence-electron chi connectivity index (χ2n) is 9.45. The number of aliphatic hydroxyl groups excluding tert-OH is 2. The van der Waals surface area contributed by atoms with Crippen molar-refractivity contribution in [2.45, 2.75) is 65.3 Å². The molecule has 0 bridgehead atoms. The number of carbonyl (C=O) groups excluding carboxylic acids is 2. The summed E-state index contributed by atoms with van der Waals surface area (Å²) in [7, 11) is 1.73. The Bertz CT molecular complexity index is 1190. The standard InChI is InChI=1S/C12H15BrN2O2.C12H14BrNO2.C2H5.2CH3I.3HI.V/c1-12(2)11(17)15(3)10-7(6-16)8(13)4-5-9(10)14-12;1-12(2)11(16)5-7-8(6-15)9(13)3-4-10(7)14-12;3*1-2;;;;/h4-5,14,16H,6H2,1-3H3;3-4,14-15H,5-6H2,1-2H3;1H2,2H3;2*1H3;3*1H;/q;;-1;;;;;;+3/p-3. The van der Waals surface area contributed by atoms with Crippen LogP contribution in [0.5, 0.6) is 0 Å². The van der Waals surface area contributed by atoms with Crippen molar-refractivity contribution in [2.24, 2.45) is 0 Å². The summed E-state index contributed by atoms with van der Waals surface area (Å²) in [6, 6.07) is 7.61. The molecule has 4 rings (SSSR count). The molecular formula is C28H40Br2I5N3O4V-. The van der Waals surface area contributed by atoms with Crippen molar-refractivity contribution in [3.05, 3.63) is 56.8 Å². The van der Waals surface area contributed by atoms with E-state index >= 15 is 0 Å². The number of anilines is 3. The van der Waals surface area contributed by atoms with Gasteiger partial charge in [0.2, 0.25) is 0 Å². The first-order valence-corrected chi connectivity index (χ1v) is 31.9. The van der Waals surface area contributed by atoms with Crippen LogP contribution in [0.2, 0.25) is 0 Å². The Balaban J connectivity index is 0. The molecule has 4 N–H and O–H groups in total. The number of aliphatic hydroxyl groups is 2. The first-order chi connectivity index (χ1) is 20.1. The zero-order valence-electron chi connectivity index (χ0n) is 25.4. The molecule has 2 heterocycles. The van der Waals surface area contributed by atoms with Crippen molar-refractivity contribution < 1.29 is 24.7 Å². The summed E-state index contributed by atoms with van der Waals surface area (Å²) in [5, 5.41) is 25.1. The van der Waals surface area contributed by atoms with E-state index in [1.165, 1.54) is 0 Å². The number of fused-ring (bicyclic) bond motifs is 2. The van der Waals surface area contributed by atoms with E-state index < -0.39 is 11.1 Å². The molecule has 0 aliphatic carbocycles. The minimum atomic E-state index is -0.623. The van der Waals surface area contributed by atoms with E-state index in [-0.39, 0.29) is 29.8 Å². The number of carbonyl (C=O) groups is 2. The van der Waals surface area contributed by atoms with Crippen LogP contribution in [0.25, 0.3) is 0 Å². The second-order valence-corrected chi connectivity index (χ2v) is 46.5. The molecule has 0 aromatic heterocycles. The van der Waals surface area contributed by atoms with E-state index in [1.54, 1.807) is 18.9 Å². The third kappa shape index (κ3) is 14.4. The number of nitrogens with one attached hydrogen (secondary N) is 2. The van der Waals surface area contributed by atoms with Gasteiger partial charge in [-0.25, -0.2) is 0 Å². The van der Waals surface area contributed by atoms with Crippen molar-refractivity contribution >= 4 is 166 Å². The Kier molecular flexibility index (Phi) is 26.0. The number of nitrogens with zero attached hydrogens (tertiary/aromatic N) is 1. The summed E-state index contributed by atoms with van der Waals surface area (Å²) < 4.78 is 1.66. The molecule has 0 unspecified atom stereocenters. The quantitative estimate of drug-likeness (QED) is 0.136. The van der Waals surface area contributed by atoms with E-state index in [0.29, 0.717) is 6.42 Å². The molecular weight excluding hydrogens is 1290 g/mol. The molecule has 2 aromatic carbocycles. The Labute approximate surface area is 339 Å². The fraction of sp³-hybridized carbons (Fsp3) is 0.464. The normalized spacial score (nSPS) is 14.9. The fourth-order valence-electron chi connectivity index (χ4n) is 4.10. The van der Waals surface area contributed by atoms with Gasteiger partial charge in [0.25, 0.3) is 5.91 Å². The molecule has 0 saturated heterocycles. The molecule has 2 aliphatic rings. The van der Waals surface area contributed by atoms with Crippen LogP contribution in [0.3, 0.4) is 0 Å². The first kappa shape index (κ1) is 47.4. The average Bonchev–Trinajstić information content (AvgIpc) is 2.96. The zero-order valence-corrected chi connectivity index (χ0v) is 40.7. The van der Waals surface area contributed by atoms with E-state index in [1.807, 2.05) is 61.8 Å². The van der Waals surface area contributed by atoms with Gasteiger partial charge in [-0.1, -0.05) is 77.0 Å². The van der Waals surface area contributed by atoms with Gasteiger partial charge < -0.3 is 32.7 Å². The molecule has 2 aromatic rings. The Morgan fingerprint density at radius 3 is 1.67 bits per heavy atom. The van der Waals surface area contributed by atoms with Gasteiger partial charge in [0.1, 0.15) is 5.54 Å². The topological polar surface area (TPSA) is 102 Å². The second kappa shape index (κ2) is 23.6. The number of hydrogen-bond acceptors (Lipinski definition) is 6. The number of alkyl halides is 2. The van der Waals surface area contributed by atoms with Crippen LogP contribution < -0.4 is 15.5 Å². The van der Waals surface area contributed by atoms with E-state index in [4.69, 9.17) is 0 Å². The van der Waals surface area contributed by atoms with Crippen molar-refractivity contribution in [3.63, 3.8) is 0 Å². The molecule has 7 nitrogen and oxygen atoms in total. The Morgan fingerprint density at radius 2 is 1.23 bits per heavy atom. The molecule has 15 heteroatoms. The molecule has 43 heavy (non-hydrogen) atoms. The number of halogens is 7. The maximum atomic E-state index is 12.2. The van der Waals surface area contributed by atoms with Gasteiger partial charge in [0, 0.05) is 33.7 Å². The number of hydrogen-bond donors (Lipinski definition) is 4. The van der Waals surface area contributed by atoms with Crippen molar-refractivity contribution in [1.82, 2.24) is 0 Å². The first-order valence-electron chi connectivity index (χ1n) is 12.5. The third-order valence-corrected chi connectivity index (χ3v) is 7.51.